The molecule has 3 nitrogen and oxygen atoms in total. The fourth-order valence-electron chi connectivity index (χ4n) is 2.78. The maximum Gasteiger partial charge on any atom is 0.248 e. The molecular formula is C13H20BrF2N3. The SMILES string of the molecule is Cc1nn(C)c(CC(N)C2CCC(F)(F)CC2)c1Br. The van der Waals surface area contributed by atoms with Crippen molar-refractivity contribution in [3.63, 3.8) is 0 Å². The van der Waals surface area contributed by atoms with Crippen molar-refractivity contribution in [2.45, 2.75) is 51.0 Å². The fourth-order valence-corrected chi connectivity index (χ4v) is 3.28. The van der Waals surface area contributed by atoms with Crippen molar-refractivity contribution in [3.8, 4) is 0 Å². The largest absolute Gasteiger partial charge is 0.327 e. The van der Waals surface area contributed by atoms with Gasteiger partial charge in [0.1, 0.15) is 0 Å². The predicted molar refractivity (Wildman–Crippen MR) is 74.2 cm³/mol. The highest BCUT2D eigenvalue weighted by Gasteiger charge is 2.37. The molecule has 1 saturated carbocycles. The van der Waals surface area contributed by atoms with Crippen molar-refractivity contribution in [2.75, 3.05) is 0 Å². The van der Waals surface area contributed by atoms with Crippen molar-refractivity contribution in [2.24, 2.45) is 18.7 Å². The first kappa shape index (κ1) is 14.9. The summed E-state index contributed by atoms with van der Waals surface area (Å²) in [4.78, 5) is 0. The van der Waals surface area contributed by atoms with Crippen LogP contribution in [0.4, 0.5) is 8.78 Å². The van der Waals surface area contributed by atoms with Crippen molar-refractivity contribution < 1.29 is 8.78 Å². The molecule has 2 rings (SSSR count). The summed E-state index contributed by atoms with van der Waals surface area (Å²) in [5.41, 5.74) is 8.18. The third kappa shape index (κ3) is 3.34. The van der Waals surface area contributed by atoms with Crippen LogP contribution in [0.25, 0.3) is 0 Å². The van der Waals surface area contributed by atoms with Gasteiger partial charge in [-0.1, -0.05) is 0 Å². The molecule has 0 aliphatic heterocycles. The molecule has 0 radical (unpaired) electrons. The van der Waals surface area contributed by atoms with Crippen LogP contribution >= 0.6 is 15.9 Å². The van der Waals surface area contributed by atoms with Gasteiger partial charge in [0.25, 0.3) is 0 Å². The topological polar surface area (TPSA) is 43.8 Å². The summed E-state index contributed by atoms with van der Waals surface area (Å²) in [5.74, 6) is -2.30. The first-order valence-corrected chi connectivity index (χ1v) is 7.41. The molecule has 0 amide bonds. The summed E-state index contributed by atoms with van der Waals surface area (Å²) >= 11 is 3.51. The third-order valence-corrected chi connectivity index (χ3v) is 5.09. The highest BCUT2D eigenvalue weighted by atomic mass is 79.9. The quantitative estimate of drug-likeness (QED) is 0.921. The van der Waals surface area contributed by atoms with Gasteiger partial charge in [0.15, 0.2) is 0 Å². The van der Waals surface area contributed by atoms with E-state index in [1.165, 1.54) is 0 Å². The monoisotopic (exact) mass is 335 g/mol. The Morgan fingerprint density at radius 3 is 2.53 bits per heavy atom. The van der Waals surface area contributed by atoms with E-state index in [2.05, 4.69) is 21.0 Å². The molecule has 1 aliphatic rings. The molecular weight excluding hydrogens is 316 g/mol. The van der Waals surface area contributed by atoms with Crippen LogP contribution in [-0.4, -0.2) is 21.7 Å². The number of hydrogen-bond acceptors (Lipinski definition) is 2. The van der Waals surface area contributed by atoms with Gasteiger partial charge in [0, 0.05) is 32.4 Å². The van der Waals surface area contributed by atoms with Crippen molar-refractivity contribution in [1.29, 1.82) is 0 Å². The molecule has 108 valence electrons. The van der Waals surface area contributed by atoms with E-state index in [-0.39, 0.29) is 24.8 Å². The van der Waals surface area contributed by atoms with Gasteiger partial charge < -0.3 is 5.73 Å². The lowest BCUT2D eigenvalue weighted by Gasteiger charge is -2.32. The first-order valence-electron chi connectivity index (χ1n) is 6.61. The lowest BCUT2D eigenvalue weighted by molar-refractivity contribution is -0.0482. The lowest BCUT2D eigenvalue weighted by Crippen LogP contribution is -2.38. The molecule has 0 spiro atoms. The molecule has 1 aliphatic carbocycles. The molecule has 1 unspecified atom stereocenters. The maximum absolute atomic E-state index is 13.1. The highest BCUT2D eigenvalue weighted by molar-refractivity contribution is 9.10. The van der Waals surface area contributed by atoms with E-state index in [0.717, 1.165) is 15.9 Å². The molecule has 1 aromatic heterocycles. The average Bonchev–Trinajstić information content (AvgIpc) is 2.56. The summed E-state index contributed by atoms with van der Waals surface area (Å²) in [5, 5.41) is 4.33. The second-order valence-electron chi connectivity index (χ2n) is 5.53. The van der Waals surface area contributed by atoms with E-state index >= 15 is 0 Å². The van der Waals surface area contributed by atoms with E-state index in [4.69, 9.17) is 5.73 Å². The van der Waals surface area contributed by atoms with Crippen LogP contribution in [0, 0.1) is 12.8 Å². The van der Waals surface area contributed by atoms with Crippen LogP contribution in [0.2, 0.25) is 0 Å². The number of aromatic nitrogens is 2. The van der Waals surface area contributed by atoms with Gasteiger partial charge in [0.05, 0.1) is 15.9 Å². The number of nitrogens with zero attached hydrogens (tertiary/aromatic N) is 2. The van der Waals surface area contributed by atoms with Gasteiger partial charge >= 0.3 is 0 Å². The summed E-state index contributed by atoms with van der Waals surface area (Å²) < 4.78 is 29.1. The lowest BCUT2D eigenvalue weighted by atomic mass is 9.81. The highest BCUT2D eigenvalue weighted by Crippen LogP contribution is 2.37. The zero-order valence-corrected chi connectivity index (χ0v) is 12.9. The van der Waals surface area contributed by atoms with Crippen LogP contribution in [-0.2, 0) is 13.5 Å². The summed E-state index contributed by atoms with van der Waals surface area (Å²) in [6.45, 7) is 1.93. The van der Waals surface area contributed by atoms with Gasteiger partial charge in [0.2, 0.25) is 5.92 Å². The average molecular weight is 336 g/mol. The molecule has 1 fully saturated rings. The van der Waals surface area contributed by atoms with Gasteiger partial charge in [-0.05, 0) is 41.6 Å². The maximum atomic E-state index is 13.1. The normalized spacial score (nSPS) is 21.6. The Kier molecular flexibility index (Phi) is 4.30. The number of nitrogens with two attached hydrogens (primary N) is 1. The minimum absolute atomic E-state index is 0.0308. The van der Waals surface area contributed by atoms with Crippen molar-refractivity contribution >= 4 is 15.9 Å². The van der Waals surface area contributed by atoms with Crippen LogP contribution in [0.1, 0.15) is 37.1 Å². The molecule has 0 aromatic carbocycles. The molecule has 19 heavy (non-hydrogen) atoms. The fraction of sp³-hybridized carbons (Fsp3) is 0.769. The Morgan fingerprint density at radius 2 is 2.05 bits per heavy atom. The van der Waals surface area contributed by atoms with E-state index in [1.807, 2.05) is 18.7 Å². The van der Waals surface area contributed by atoms with Gasteiger partial charge in [-0.2, -0.15) is 5.10 Å². The van der Waals surface area contributed by atoms with Crippen LogP contribution in [0.5, 0.6) is 0 Å². The smallest absolute Gasteiger partial charge is 0.248 e. The molecule has 2 N–H and O–H groups in total. The zero-order valence-electron chi connectivity index (χ0n) is 11.3. The zero-order chi connectivity index (χ0) is 14.2. The minimum atomic E-state index is -2.49. The summed E-state index contributed by atoms with van der Waals surface area (Å²) in [6.07, 6.45) is 1.65. The molecule has 0 bridgehead atoms. The summed E-state index contributed by atoms with van der Waals surface area (Å²) in [6, 6.07) is -0.0813. The molecule has 0 saturated heterocycles. The van der Waals surface area contributed by atoms with Crippen molar-refractivity contribution in [1.82, 2.24) is 9.78 Å². The van der Waals surface area contributed by atoms with Crippen molar-refractivity contribution in [3.05, 3.63) is 15.9 Å². The van der Waals surface area contributed by atoms with E-state index in [1.54, 1.807) is 0 Å². The number of rotatable bonds is 3. The number of alkyl halides is 2. The number of aryl methyl sites for hydroxylation is 2. The summed E-state index contributed by atoms with van der Waals surface area (Å²) in [7, 11) is 1.88. The number of halogens is 3. The first-order chi connectivity index (χ1) is 8.80. The minimum Gasteiger partial charge on any atom is -0.327 e. The molecule has 1 aromatic rings. The molecule has 1 heterocycles. The van der Waals surface area contributed by atoms with Crippen LogP contribution in [0.15, 0.2) is 4.47 Å². The van der Waals surface area contributed by atoms with Gasteiger partial charge in [-0.15, -0.1) is 0 Å². The van der Waals surface area contributed by atoms with Gasteiger partial charge in [-0.25, -0.2) is 8.78 Å². The Morgan fingerprint density at radius 1 is 1.47 bits per heavy atom. The second-order valence-corrected chi connectivity index (χ2v) is 6.32. The van der Waals surface area contributed by atoms with Gasteiger partial charge in [-0.3, -0.25) is 4.68 Å². The van der Waals surface area contributed by atoms with Crippen LogP contribution < -0.4 is 5.73 Å². The molecule has 6 heteroatoms. The third-order valence-electron chi connectivity index (χ3n) is 4.06. The Balaban J connectivity index is 2.00. The Bertz CT molecular complexity index is 449. The standard InChI is InChI=1S/C13H20BrF2N3/c1-8-12(14)11(19(2)18-8)7-10(17)9-3-5-13(15,16)6-4-9/h9-10H,3-7,17H2,1-2H3. The van der Waals surface area contributed by atoms with Crippen LogP contribution in [0.3, 0.4) is 0 Å². The Hall–Kier alpha value is -0.490. The van der Waals surface area contributed by atoms with E-state index in [0.29, 0.717) is 19.3 Å². The predicted octanol–water partition coefficient (Wildman–Crippen LogP) is 3.19. The number of hydrogen-bond donors (Lipinski definition) is 1. The van der Waals surface area contributed by atoms with E-state index < -0.39 is 5.92 Å². The van der Waals surface area contributed by atoms with E-state index in [9.17, 15) is 8.78 Å². The Labute approximate surface area is 120 Å². The molecule has 1 atom stereocenters. The second kappa shape index (κ2) is 5.48.